The molecule has 0 aliphatic heterocycles. The SMILES string of the molecule is CC(C)(C)Cc1cc2c3cc(C(C)(C)c4ccc5c(c4)c4cc(CC(C)(C)C)ncc4n5-c4ccccc4)ccc3n(-c3ccccc3)c2cn1. The fourth-order valence-electron chi connectivity index (χ4n) is 7.86. The predicted molar refractivity (Wildman–Crippen MR) is 216 cm³/mol. The standard InChI is InChI=1S/C47H48N4/c1-45(2,3)27-33-25-39-37-23-31(19-21-41(37)50(43(39)29-48-33)35-15-11-9-12-16-35)47(7,8)32-20-22-42-38(24-32)40-26-34(28-46(4,5)6)49-30-44(40)51(42)36-17-13-10-14-18-36/h9-26,29-30H,27-28H2,1-8H3. The van der Waals surface area contributed by atoms with E-state index in [1.807, 2.05) is 0 Å². The number of para-hydroxylation sites is 2. The third kappa shape index (κ3) is 6.01. The number of fused-ring (bicyclic) bond motifs is 6. The van der Waals surface area contributed by atoms with Crippen LogP contribution in [0.25, 0.3) is 55.0 Å². The Hall–Kier alpha value is -5.22. The molecule has 4 heteroatoms. The van der Waals surface area contributed by atoms with E-state index >= 15 is 0 Å². The molecular weight excluding hydrogens is 621 g/mol. The summed E-state index contributed by atoms with van der Waals surface area (Å²) in [4.78, 5) is 9.94. The molecule has 0 aliphatic rings. The van der Waals surface area contributed by atoms with Crippen molar-refractivity contribution in [2.24, 2.45) is 10.8 Å². The van der Waals surface area contributed by atoms with Crippen LogP contribution in [0, 0.1) is 10.8 Å². The fourth-order valence-corrected chi connectivity index (χ4v) is 7.86. The first-order valence-corrected chi connectivity index (χ1v) is 18.2. The van der Waals surface area contributed by atoms with Gasteiger partial charge in [-0.15, -0.1) is 0 Å². The van der Waals surface area contributed by atoms with Gasteiger partial charge in [0.1, 0.15) is 0 Å². The summed E-state index contributed by atoms with van der Waals surface area (Å²) in [7, 11) is 0. The molecule has 4 nitrogen and oxygen atoms in total. The summed E-state index contributed by atoms with van der Waals surface area (Å²) >= 11 is 0. The minimum atomic E-state index is -0.257. The molecular formula is C47H48N4. The molecule has 0 N–H and O–H groups in total. The van der Waals surface area contributed by atoms with Crippen LogP contribution in [0.1, 0.15) is 77.9 Å². The Morgan fingerprint density at radius 2 is 0.804 bits per heavy atom. The molecule has 0 amide bonds. The minimum absolute atomic E-state index is 0.150. The van der Waals surface area contributed by atoms with Crippen molar-refractivity contribution in [2.75, 3.05) is 0 Å². The highest BCUT2D eigenvalue weighted by molar-refractivity contribution is 6.10. The van der Waals surface area contributed by atoms with Crippen LogP contribution in [0.2, 0.25) is 0 Å². The van der Waals surface area contributed by atoms with Crippen molar-refractivity contribution in [1.29, 1.82) is 0 Å². The van der Waals surface area contributed by atoms with Gasteiger partial charge >= 0.3 is 0 Å². The minimum Gasteiger partial charge on any atom is -0.308 e. The quantitative estimate of drug-likeness (QED) is 0.177. The van der Waals surface area contributed by atoms with Crippen molar-refractivity contribution < 1.29 is 0 Å². The third-order valence-electron chi connectivity index (χ3n) is 10.3. The smallest absolute Gasteiger partial charge is 0.0724 e. The number of benzene rings is 4. The second-order valence-corrected chi connectivity index (χ2v) is 17.3. The third-order valence-corrected chi connectivity index (χ3v) is 10.3. The van der Waals surface area contributed by atoms with Gasteiger partial charge in [0, 0.05) is 49.7 Å². The van der Waals surface area contributed by atoms with Crippen LogP contribution in [0.5, 0.6) is 0 Å². The lowest BCUT2D eigenvalue weighted by molar-refractivity contribution is 0.406. The van der Waals surface area contributed by atoms with E-state index in [4.69, 9.17) is 9.97 Å². The average molecular weight is 669 g/mol. The Labute approximate surface area is 301 Å². The van der Waals surface area contributed by atoms with Gasteiger partial charge in [-0.1, -0.05) is 104 Å². The molecule has 4 aromatic carbocycles. The summed E-state index contributed by atoms with van der Waals surface area (Å²) in [5.41, 5.74) is 11.9. The lowest BCUT2D eigenvalue weighted by Gasteiger charge is -2.27. The van der Waals surface area contributed by atoms with Gasteiger partial charge in [0.05, 0.1) is 34.5 Å². The molecule has 0 spiro atoms. The zero-order valence-electron chi connectivity index (χ0n) is 31.3. The number of nitrogens with zero attached hydrogens (tertiary/aromatic N) is 4. The van der Waals surface area contributed by atoms with Gasteiger partial charge < -0.3 is 9.13 Å². The van der Waals surface area contributed by atoms with E-state index in [0.717, 1.165) is 46.6 Å². The Bertz CT molecular complexity index is 2370. The summed E-state index contributed by atoms with van der Waals surface area (Å²) < 4.78 is 4.73. The topological polar surface area (TPSA) is 35.6 Å². The maximum Gasteiger partial charge on any atom is 0.0724 e. The molecule has 0 saturated heterocycles. The van der Waals surface area contributed by atoms with Gasteiger partial charge in [-0.25, -0.2) is 0 Å². The summed E-state index contributed by atoms with van der Waals surface area (Å²) in [5, 5.41) is 5.02. The van der Waals surface area contributed by atoms with Crippen molar-refractivity contribution in [3.8, 4) is 11.4 Å². The molecule has 4 aromatic heterocycles. The first-order chi connectivity index (χ1) is 24.3. The van der Waals surface area contributed by atoms with Crippen LogP contribution < -0.4 is 0 Å². The monoisotopic (exact) mass is 668 g/mol. The van der Waals surface area contributed by atoms with E-state index in [1.54, 1.807) is 0 Å². The van der Waals surface area contributed by atoms with E-state index in [1.165, 1.54) is 43.7 Å². The zero-order valence-corrected chi connectivity index (χ0v) is 31.3. The maximum atomic E-state index is 4.97. The summed E-state index contributed by atoms with van der Waals surface area (Å²) in [5.74, 6) is 0. The predicted octanol–water partition coefficient (Wildman–Crippen LogP) is 12.2. The lowest BCUT2D eigenvalue weighted by atomic mass is 9.77. The van der Waals surface area contributed by atoms with E-state index < -0.39 is 0 Å². The van der Waals surface area contributed by atoms with Gasteiger partial charge in [0.15, 0.2) is 0 Å². The Balaban J connectivity index is 1.32. The average Bonchev–Trinajstić information content (AvgIpc) is 3.59. The largest absolute Gasteiger partial charge is 0.308 e. The van der Waals surface area contributed by atoms with Crippen LogP contribution in [0.15, 0.2) is 122 Å². The molecule has 8 aromatic rings. The van der Waals surface area contributed by atoms with E-state index in [2.05, 4.69) is 186 Å². The highest BCUT2D eigenvalue weighted by Crippen LogP contribution is 2.41. The lowest BCUT2D eigenvalue weighted by Crippen LogP contribution is -2.18. The highest BCUT2D eigenvalue weighted by atomic mass is 15.0. The summed E-state index contributed by atoms with van der Waals surface area (Å²) in [6.07, 6.45) is 6.01. The Morgan fingerprint density at radius 3 is 1.18 bits per heavy atom. The number of pyridine rings is 2. The van der Waals surface area contributed by atoms with Crippen LogP contribution in [0.4, 0.5) is 0 Å². The van der Waals surface area contributed by atoms with Crippen molar-refractivity contribution in [3.05, 3.63) is 144 Å². The number of aromatic nitrogens is 4. The molecule has 0 radical (unpaired) electrons. The molecule has 256 valence electrons. The maximum absolute atomic E-state index is 4.97. The van der Waals surface area contributed by atoms with Gasteiger partial charge in [0.2, 0.25) is 0 Å². The van der Waals surface area contributed by atoms with Crippen LogP contribution in [-0.4, -0.2) is 19.1 Å². The first kappa shape index (κ1) is 33.0. The van der Waals surface area contributed by atoms with Gasteiger partial charge in [-0.3, -0.25) is 9.97 Å². The summed E-state index contributed by atoms with van der Waals surface area (Å²) in [6.45, 7) is 18.4. The second-order valence-electron chi connectivity index (χ2n) is 17.3. The van der Waals surface area contributed by atoms with Crippen LogP contribution >= 0.6 is 0 Å². The van der Waals surface area contributed by atoms with Crippen molar-refractivity contribution in [2.45, 2.75) is 73.6 Å². The van der Waals surface area contributed by atoms with E-state index in [0.29, 0.717) is 0 Å². The van der Waals surface area contributed by atoms with Gasteiger partial charge in [0.25, 0.3) is 0 Å². The second kappa shape index (κ2) is 11.9. The van der Waals surface area contributed by atoms with Crippen LogP contribution in [0.3, 0.4) is 0 Å². The number of hydrogen-bond donors (Lipinski definition) is 0. The molecule has 51 heavy (non-hydrogen) atoms. The Morgan fingerprint density at radius 1 is 0.431 bits per heavy atom. The van der Waals surface area contributed by atoms with Crippen molar-refractivity contribution >= 4 is 43.6 Å². The normalized spacial score (nSPS) is 12.9. The molecule has 8 rings (SSSR count). The fraction of sp³-hybridized carbons (Fsp3) is 0.277. The van der Waals surface area contributed by atoms with Gasteiger partial charge in [-0.2, -0.15) is 0 Å². The molecule has 0 bridgehead atoms. The first-order valence-electron chi connectivity index (χ1n) is 18.2. The molecule has 0 saturated carbocycles. The zero-order chi connectivity index (χ0) is 35.7. The van der Waals surface area contributed by atoms with Crippen LogP contribution in [-0.2, 0) is 18.3 Å². The number of rotatable bonds is 6. The summed E-state index contributed by atoms with van der Waals surface area (Å²) in [6, 6.07) is 40.1. The van der Waals surface area contributed by atoms with Crippen molar-refractivity contribution in [1.82, 2.24) is 19.1 Å². The number of hydrogen-bond acceptors (Lipinski definition) is 2. The Kier molecular flexibility index (Phi) is 7.72. The molecule has 0 fully saturated rings. The molecule has 0 atom stereocenters. The molecule has 0 unspecified atom stereocenters. The molecule has 0 aliphatic carbocycles. The molecule has 4 heterocycles. The van der Waals surface area contributed by atoms with Gasteiger partial charge in [-0.05, 0) is 95.5 Å². The highest BCUT2D eigenvalue weighted by Gasteiger charge is 2.27. The van der Waals surface area contributed by atoms with E-state index in [-0.39, 0.29) is 16.2 Å². The van der Waals surface area contributed by atoms with Crippen molar-refractivity contribution in [3.63, 3.8) is 0 Å². The van der Waals surface area contributed by atoms with E-state index in [9.17, 15) is 0 Å².